The summed E-state index contributed by atoms with van der Waals surface area (Å²) in [5.41, 5.74) is 1.78. The van der Waals surface area contributed by atoms with Crippen LogP contribution in [0.3, 0.4) is 0 Å². The third kappa shape index (κ3) is 25.0. The summed E-state index contributed by atoms with van der Waals surface area (Å²) < 4.78 is 50.7. The van der Waals surface area contributed by atoms with E-state index in [4.69, 9.17) is 57.0 Å². The van der Waals surface area contributed by atoms with Crippen molar-refractivity contribution in [3.8, 4) is 0 Å². The Kier molecular flexibility index (Phi) is 34.2. The smallest absolute Gasteiger partial charge is 0.347 e. The van der Waals surface area contributed by atoms with Gasteiger partial charge in [-0.1, -0.05) is 305 Å². The maximum absolute atomic E-state index is 13.1. The summed E-state index contributed by atoms with van der Waals surface area (Å²) in [6.45, 7) is 31.0. The van der Waals surface area contributed by atoms with Gasteiger partial charge in [-0.15, -0.1) is 0 Å². The molecule has 0 aliphatic heterocycles. The second kappa shape index (κ2) is 41.5. The van der Waals surface area contributed by atoms with E-state index in [1.165, 1.54) is 34.6 Å². The number of carbonyl (C=O) groups excluding carboxylic acids is 6. The van der Waals surface area contributed by atoms with Crippen LogP contribution in [-0.4, -0.2) is 137 Å². The fourth-order valence-corrected chi connectivity index (χ4v) is 25.9. The predicted octanol–water partition coefficient (Wildman–Crippen LogP) is 11.6. The Morgan fingerprint density at radius 3 is 0.661 bits per heavy atom. The molecular formula is C86H106O20Si3. The Bertz CT molecular complexity index is 4020. The maximum Gasteiger partial charge on any atom is 0.347 e. The lowest BCUT2D eigenvalue weighted by atomic mass is 10.2. The summed E-state index contributed by atoms with van der Waals surface area (Å²) in [6.07, 6.45) is -8.71. The molecule has 0 saturated carbocycles. The highest BCUT2D eigenvalue weighted by Crippen LogP contribution is 2.40. The molecule has 0 radical (unpaired) electrons. The van der Waals surface area contributed by atoms with Gasteiger partial charge in [0.05, 0.1) is 0 Å². The quantitative estimate of drug-likeness (QED) is 0.0233. The van der Waals surface area contributed by atoms with Crippen LogP contribution in [0.15, 0.2) is 243 Å². The van der Waals surface area contributed by atoms with Gasteiger partial charge in [-0.2, -0.15) is 0 Å². The highest BCUT2D eigenvalue weighted by atomic mass is 28.4. The molecule has 3 N–H and O–H groups in total. The van der Waals surface area contributed by atoms with E-state index < -0.39 is 122 Å². The molecule has 0 bridgehead atoms. The van der Waals surface area contributed by atoms with E-state index in [-0.39, 0.29) is 28.3 Å². The van der Waals surface area contributed by atoms with Crippen LogP contribution >= 0.6 is 0 Å². The molecule has 0 aliphatic rings. The zero-order valence-electron chi connectivity index (χ0n) is 65.4. The predicted molar refractivity (Wildman–Crippen MR) is 426 cm³/mol. The number of aliphatic hydroxyl groups is 1. The van der Waals surface area contributed by atoms with E-state index in [2.05, 4.69) is 86.6 Å². The monoisotopic (exact) mass is 1540 g/mol. The lowest BCUT2D eigenvalue weighted by molar-refractivity contribution is -0.177. The van der Waals surface area contributed by atoms with Gasteiger partial charge in [0.25, 0.3) is 25.0 Å². The minimum Gasteiger partial charge on any atom is -0.479 e. The molecule has 20 nitrogen and oxygen atoms in total. The Morgan fingerprint density at radius 1 is 0.275 bits per heavy atom. The van der Waals surface area contributed by atoms with Crippen molar-refractivity contribution in [1.29, 1.82) is 0 Å². The number of benzene rings is 8. The molecule has 8 atom stereocenters. The number of rotatable bonds is 28. The molecule has 0 aliphatic carbocycles. The molecule has 0 unspecified atom stereocenters. The Morgan fingerprint density at radius 2 is 0.459 bits per heavy atom. The normalized spacial score (nSPS) is 13.9. The van der Waals surface area contributed by atoms with Crippen LogP contribution in [-0.2, 0) is 93.3 Å². The zero-order chi connectivity index (χ0) is 80.9. The first-order valence-electron chi connectivity index (χ1n) is 36.1. The van der Waals surface area contributed by atoms with E-state index in [0.717, 1.165) is 42.2 Å². The fourth-order valence-electron chi connectivity index (χ4n) is 12.0. The van der Waals surface area contributed by atoms with Crippen LogP contribution in [0.2, 0.25) is 15.1 Å². The number of aliphatic carboxylic acids is 2. The van der Waals surface area contributed by atoms with Gasteiger partial charge in [-0.25, -0.2) is 38.4 Å². The Hall–Kier alpha value is -9.99. The van der Waals surface area contributed by atoms with Crippen molar-refractivity contribution < 1.29 is 95.4 Å². The van der Waals surface area contributed by atoms with Gasteiger partial charge in [-0.05, 0) is 113 Å². The summed E-state index contributed by atoms with van der Waals surface area (Å²) >= 11 is 0. The van der Waals surface area contributed by atoms with Crippen molar-refractivity contribution in [1.82, 2.24) is 0 Å². The van der Waals surface area contributed by atoms with Gasteiger partial charge in [0.2, 0.25) is 0 Å². The molecule has 8 aromatic rings. The number of hydrogen-bond donors (Lipinski definition) is 3. The van der Waals surface area contributed by atoms with Gasteiger partial charge in [0.15, 0.2) is 24.4 Å². The summed E-state index contributed by atoms with van der Waals surface area (Å²) in [5.74, 6) is -6.60. The number of ether oxygens (including phenoxy) is 6. The third-order valence-electron chi connectivity index (χ3n) is 17.6. The number of aliphatic hydroxyl groups excluding tert-OH is 1. The number of hydrogen-bond acceptors (Lipinski definition) is 18. The van der Waals surface area contributed by atoms with Crippen LogP contribution in [0, 0.1) is 0 Å². The first kappa shape index (κ1) is 89.6. The summed E-state index contributed by atoms with van der Waals surface area (Å²) in [5, 5.41) is 32.1. The summed E-state index contributed by atoms with van der Waals surface area (Å²) in [4.78, 5) is 95.8. The average Bonchev–Trinajstić information content (AvgIpc) is 0.757. The maximum atomic E-state index is 13.1. The van der Waals surface area contributed by atoms with Crippen molar-refractivity contribution in [2.24, 2.45) is 0 Å². The number of esters is 6. The van der Waals surface area contributed by atoms with Crippen molar-refractivity contribution in [2.45, 2.75) is 195 Å². The molecule has 8 aromatic carbocycles. The molecule has 0 fully saturated rings. The topological polar surface area (TPSA) is 280 Å². The van der Waals surface area contributed by atoms with Gasteiger partial charge in [0.1, 0.15) is 37.6 Å². The number of carbonyl (C=O) groups is 8. The number of carboxylic acid groups (broad SMARTS) is 2. The molecule has 8 rings (SSSR count). The van der Waals surface area contributed by atoms with E-state index >= 15 is 0 Å². The Balaban J connectivity index is 0.000000271. The second-order valence-corrected chi connectivity index (χ2v) is 41.9. The minimum atomic E-state index is -2.99. The highest BCUT2D eigenvalue weighted by molar-refractivity contribution is 7.01. The average molecular weight is 1540 g/mol. The van der Waals surface area contributed by atoms with Crippen molar-refractivity contribution in [3.63, 3.8) is 0 Å². The molecule has 109 heavy (non-hydrogen) atoms. The van der Waals surface area contributed by atoms with Crippen molar-refractivity contribution in [2.75, 3.05) is 0 Å². The molecule has 0 spiro atoms. The molecule has 0 amide bonds. The van der Waals surface area contributed by atoms with Crippen LogP contribution in [0.1, 0.15) is 129 Å². The molecular weight excluding hydrogens is 1440 g/mol. The van der Waals surface area contributed by atoms with Crippen LogP contribution in [0.5, 0.6) is 0 Å². The van der Waals surface area contributed by atoms with E-state index in [1.807, 2.05) is 218 Å². The van der Waals surface area contributed by atoms with Gasteiger partial charge >= 0.3 is 47.8 Å². The largest absolute Gasteiger partial charge is 0.479 e. The van der Waals surface area contributed by atoms with E-state index in [9.17, 15) is 38.4 Å². The zero-order valence-corrected chi connectivity index (χ0v) is 68.4. The molecule has 0 heterocycles. The lowest BCUT2D eigenvalue weighted by Crippen LogP contribution is -2.68. The SMILES string of the molecule is C[C@H](O)C(=O)OCc1ccccc1.C[C@H](O[Si](c1ccccc1)(c1ccccc1)C(C)(C)C)C(=O)O[C@H](C)C(=O)O.C[C@H](O[Si](c1ccccc1)(c1ccccc1)C(C)(C)C)C(=O)O[C@H](C)C(=O)OCc1ccccc1.C[C@H](O[Si](c1ccccc1)(c1ccccc1)C(C)(C)C)C(=O)O[C@H](C)C(=O)O[C@H](C)C(=O)O. The molecule has 582 valence electrons. The minimum absolute atomic E-state index is 0.121. The standard InChI is InChI=1S/C29H34O5Si.C25H32O7Si.C22H28O5Si.C10H12O3/c1-22(27(30)32-21-24-15-9-6-10-16-24)33-28(31)23(2)34-35(29(3,4)5,25-17-11-7-12-18-25)26-19-13-8-14-20-26;1-17(22(26)27)30-23(28)18(2)31-24(29)19(3)32-33(25(4,5)6,20-13-9-7-10-14-20)21-15-11-8-12-16-21;1-16(20(23)24)26-21(25)17(2)27-28(22(3,4)5,18-12-8-6-9-13-18)19-14-10-7-11-15-19;1-8(11)10(12)13-7-9-5-3-2-4-6-9/h6-20,22-23H,21H2,1-5H3;7-19H,1-6H3,(H,26,27);6-17H,1-5H3,(H,23,24);2-6,8,11H,7H2,1H3/t22-,23+;17-,18-,19+;16-,17+;8-/m1110/s1. The molecule has 0 saturated heterocycles. The Labute approximate surface area is 644 Å². The van der Waals surface area contributed by atoms with Gasteiger partial charge in [-0.3, -0.25) is 0 Å². The third-order valence-corrected chi connectivity index (χ3v) is 33.0. The lowest BCUT2D eigenvalue weighted by Gasteiger charge is -2.44. The van der Waals surface area contributed by atoms with Crippen LogP contribution in [0.4, 0.5) is 0 Å². The van der Waals surface area contributed by atoms with Crippen LogP contribution in [0.25, 0.3) is 0 Å². The van der Waals surface area contributed by atoms with Gasteiger partial charge < -0.3 is 57.0 Å². The summed E-state index contributed by atoms with van der Waals surface area (Å²) in [7, 11) is -8.82. The molecule has 0 aromatic heterocycles. The van der Waals surface area contributed by atoms with E-state index in [1.54, 1.807) is 20.8 Å². The van der Waals surface area contributed by atoms with Crippen LogP contribution < -0.4 is 31.1 Å². The highest BCUT2D eigenvalue weighted by Gasteiger charge is 2.55. The van der Waals surface area contributed by atoms with Crippen molar-refractivity contribution in [3.05, 3.63) is 254 Å². The second-order valence-electron chi connectivity index (χ2n) is 29.1. The first-order chi connectivity index (χ1) is 51.3. The molecule has 23 heteroatoms. The first-order valence-corrected chi connectivity index (χ1v) is 41.8. The van der Waals surface area contributed by atoms with Crippen molar-refractivity contribution >= 4 is 104 Å². The number of carboxylic acids is 2. The summed E-state index contributed by atoms with van der Waals surface area (Å²) in [6, 6.07) is 78.4. The van der Waals surface area contributed by atoms with E-state index in [0.29, 0.717) is 0 Å². The fraction of sp³-hybridized carbons (Fsp3) is 0.349. The van der Waals surface area contributed by atoms with Gasteiger partial charge in [0, 0.05) is 0 Å².